The number of hydrogen-bond acceptors (Lipinski definition) is 9. The van der Waals surface area contributed by atoms with Crippen LogP contribution in [-0.2, 0) is 6.18 Å². The fraction of sp³-hybridized carbons (Fsp3) is 0.111. The number of anilines is 3. The lowest BCUT2D eigenvalue weighted by molar-refractivity contribution is -0.383. The number of halogens is 4. The van der Waals surface area contributed by atoms with Crippen LogP contribution in [0.15, 0.2) is 42.9 Å². The summed E-state index contributed by atoms with van der Waals surface area (Å²) in [6.45, 7) is 0. The van der Waals surface area contributed by atoms with Crippen LogP contribution < -0.4 is 20.9 Å². The Morgan fingerprint density at radius 1 is 1.15 bits per heavy atom. The third-order valence-electron chi connectivity index (χ3n) is 4.06. The number of amides is 1. The summed E-state index contributed by atoms with van der Waals surface area (Å²) in [6, 6.07) is 6.86. The molecule has 15 heteroatoms. The van der Waals surface area contributed by atoms with Crippen LogP contribution in [0.1, 0.15) is 15.9 Å². The van der Waals surface area contributed by atoms with Crippen LogP contribution >= 0.6 is 11.6 Å². The molecule has 0 unspecified atom stereocenters. The fourth-order valence-corrected chi connectivity index (χ4v) is 2.76. The van der Waals surface area contributed by atoms with Gasteiger partial charge in [-0.1, -0.05) is 23.7 Å². The Kier molecular flexibility index (Phi) is 6.77. The highest BCUT2D eigenvalue weighted by Crippen LogP contribution is 2.35. The normalized spacial score (nSPS) is 10.9. The summed E-state index contributed by atoms with van der Waals surface area (Å²) in [4.78, 5) is 34.2. The molecule has 0 aliphatic rings. The summed E-state index contributed by atoms with van der Waals surface area (Å²) in [5.41, 5.74) is 2.89. The average Bonchev–Trinajstić information content (AvgIpc) is 2.77. The molecule has 1 aromatic carbocycles. The number of hydrogen-bond donors (Lipinski definition) is 3. The van der Waals surface area contributed by atoms with Gasteiger partial charge in [0.2, 0.25) is 11.6 Å². The minimum absolute atomic E-state index is 0.142. The molecule has 11 nitrogen and oxygen atoms in total. The molecule has 2 aromatic heterocycles. The summed E-state index contributed by atoms with van der Waals surface area (Å²) in [6.07, 6.45) is -3.24. The van der Waals surface area contributed by atoms with Crippen LogP contribution in [0.5, 0.6) is 5.75 Å². The van der Waals surface area contributed by atoms with E-state index >= 15 is 0 Å². The molecule has 0 spiro atoms. The molecular weight excluding hydrogens is 471 g/mol. The third kappa shape index (κ3) is 5.35. The van der Waals surface area contributed by atoms with E-state index < -0.39 is 44.9 Å². The maximum atomic E-state index is 12.8. The first kappa shape index (κ1) is 23.5. The summed E-state index contributed by atoms with van der Waals surface area (Å²) in [7, 11) is 1.37. The average molecular weight is 484 g/mol. The zero-order chi connectivity index (χ0) is 24.2. The maximum absolute atomic E-state index is 12.8. The summed E-state index contributed by atoms with van der Waals surface area (Å²) in [5, 5.41) is 13.6. The number of aromatic nitrogens is 3. The Morgan fingerprint density at radius 3 is 2.48 bits per heavy atom. The van der Waals surface area contributed by atoms with Crippen LogP contribution in [-0.4, -0.2) is 32.9 Å². The number of nitrogens with zero attached hydrogens (tertiary/aromatic N) is 4. The Bertz CT molecular complexity index is 1210. The second-order valence-electron chi connectivity index (χ2n) is 6.13. The van der Waals surface area contributed by atoms with E-state index in [2.05, 4.69) is 31.1 Å². The number of nitro groups is 1. The number of alkyl halides is 3. The molecule has 2 heterocycles. The minimum atomic E-state index is -4.67. The molecule has 0 atom stereocenters. The largest absolute Gasteiger partial charge is 0.496 e. The molecule has 0 bridgehead atoms. The number of carbonyl (C=O) groups is 1. The van der Waals surface area contributed by atoms with Crippen molar-refractivity contribution in [1.82, 2.24) is 20.4 Å². The molecule has 172 valence electrons. The smallest absolute Gasteiger partial charge is 0.417 e. The molecule has 3 rings (SSSR count). The number of methoxy groups -OCH3 is 1. The molecule has 1 amide bonds. The molecule has 0 saturated carbocycles. The first-order chi connectivity index (χ1) is 15.6. The van der Waals surface area contributed by atoms with E-state index in [4.69, 9.17) is 16.3 Å². The van der Waals surface area contributed by atoms with Crippen LogP contribution in [0.2, 0.25) is 5.02 Å². The molecule has 33 heavy (non-hydrogen) atoms. The van der Waals surface area contributed by atoms with Crippen LogP contribution in [0.4, 0.5) is 36.3 Å². The molecule has 0 fully saturated rings. The SMILES string of the molecule is COc1ccccc1C(=O)NNc1ncnc(Nc2ncc(C(F)(F)F)cc2Cl)c1[N+](=O)[O-]. The zero-order valence-corrected chi connectivity index (χ0v) is 17.2. The third-order valence-corrected chi connectivity index (χ3v) is 4.34. The Morgan fingerprint density at radius 2 is 1.85 bits per heavy atom. The van der Waals surface area contributed by atoms with Crippen molar-refractivity contribution in [2.24, 2.45) is 0 Å². The second-order valence-corrected chi connectivity index (χ2v) is 6.54. The van der Waals surface area contributed by atoms with Crippen LogP contribution in [0, 0.1) is 10.1 Å². The highest BCUT2D eigenvalue weighted by molar-refractivity contribution is 6.33. The second kappa shape index (κ2) is 9.52. The molecule has 3 aromatic rings. The van der Waals surface area contributed by atoms with Gasteiger partial charge in [0.15, 0.2) is 5.82 Å². The van der Waals surface area contributed by atoms with Gasteiger partial charge in [-0.3, -0.25) is 25.8 Å². The highest BCUT2D eigenvalue weighted by atomic mass is 35.5. The Balaban J connectivity index is 1.86. The Labute approximate surface area is 188 Å². The zero-order valence-electron chi connectivity index (χ0n) is 16.5. The van der Waals surface area contributed by atoms with Gasteiger partial charge < -0.3 is 10.1 Å². The van der Waals surface area contributed by atoms with Gasteiger partial charge in [0.1, 0.15) is 12.1 Å². The highest BCUT2D eigenvalue weighted by Gasteiger charge is 2.32. The number of nitrogens with one attached hydrogen (secondary N) is 3. The van der Waals surface area contributed by atoms with E-state index in [9.17, 15) is 28.1 Å². The molecule has 3 N–H and O–H groups in total. The minimum Gasteiger partial charge on any atom is -0.496 e. The fourth-order valence-electron chi connectivity index (χ4n) is 2.55. The first-order valence-electron chi connectivity index (χ1n) is 8.80. The van der Waals surface area contributed by atoms with Gasteiger partial charge >= 0.3 is 11.9 Å². The first-order valence-corrected chi connectivity index (χ1v) is 9.18. The number of ether oxygens (including phenoxy) is 1. The molecule has 0 aliphatic carbocycles. The molecular formula is C18H13ClF3N7O4. The van der Waals surface area contributed by atoms with Gasteiger partial charge in [-0.25, -0.2) is 15.0 Å². The van der Waals surface area contributed by atoms with Gasteiger partial charge in [0.25, 0.3) is 5.91 Å². The molecule has 0 aliphatic heterocycles. The van der Waals surface area contributed by atoms with Crippen molar-refractivity contribution in [3.05, 3.63) is 69.1 Å². The topological polar surface area (TPSA) is 144 Å². The van der Waals surface area contributed by atoms with Gasteiger partial charge in [-0.05, 0) is 18.2 Å². The quantitative estimate of drug-likeness (QED) is 0.336. The van der Waals surface area contributed by atoms with Crippen molar-refractivity contribution in [3.63, 3.8) is 0 Å². The lowest BCUT2D eigenvalue weighted by atomic mass is 10.2. The number of benzene rings is 1. The molecule has 0 radical (unpaired) electrons. The van der Waals surface area contributed by atoms with Crippen molar-refractivity contribution in [2.45, 2.75) is 6.18 Å². The number of hydrazine groups is 1. The van der Waals surface area contributed by atoms with E-state index in [1.165, 1.54) is 13.2 Å². The summed E-state index contributed by atoms with van der Waals surface area (Å²) < 4.78 is 43.5. The van der Waals surface area contributed by atoms with Crippen molar-refractivity contribution < 1.29 is 27.6 Å². The van der Waals surface area contributed by atoms with Crippen molar-refractivity contribution in [1.29, 1.82) is 0 Å². The maximum Gasteiger partial charge on any atom is 0.417 e. The van der Waals surface area contributed by atoms with Gasteiger partial charge in [-0.15, -0.1) is 0 Å². The van der Waals surface area contributed by atoms with E-state index in [0.717, 1.165) is 6.33 Å². The number of rotatable bonds is 7. The van der Waals surface area contributed by atoms with E-state index in [1.54, 1.807) is 18.2 Å². The van der Waals surface area contributed by atoms with Gasteiger partial charge in [0, 0.05) is 6.20 Å². The van der Waals surface area contributed by atoms with Crippen molar-refractivity contribution >= 4 is 40.6 Å². The number of para-hydroxylation sites is 1. The lowest BCUT2D eigenvalue weighted by Gasteiger charge is -2.13. The van der Waals surface area contributed by atoms with Gasteiger partial charge in [0.05, 0.1) is 28.2 Å². The lowest BCUT2D eigenvalue weighted by Crippen LogP contribution is -2.30. The monoisotopic (exact) mass is 483 g/mol. The van der Waals surface area contributed by atoms with Crippen LogP contribution in [0.3, 0.4) is 0 Å². The van der Waals surface area contributed by atoms with E-state index in [0.29, 0.717) is 12.3 Å². The number of carbonyl (C=O) groups excluding carboxylic acids is 1. The van der Waals surface area contributed by atoms with E-state index in [1.807, 2.05) is 0 Å². The predicted molar refractivity (Wildman–Crippen MR) is 110 cm³/mol. The van der Waals surface area contributed by atoms with Gasteiger partial charge in [-0.2, -0.15) is 13.2 Å². The van der Waals surface area contributed by atoms with E-state index in [-0.39, 0.29) is 17.1 Å². The summed E-state index contributed by atoms with van der Waals surface area (Å²) >= 11 is 5.83. The van der Waals surface area contributed by atoms with Crippen molar-refractivity contribution in [3.8, 4) is 5.75 Å². The van der Waals surface area contributed by atoms with Crippen molar-refractivity contribution in [2.75, 3.05) is 17.9 Å². The van der Waals surface area contributed by atoms with Crippen LogP contribution in [0.25, 0.3) is 0 Å². The molecule has 0 saturated heterocycles. The number of pyridine rings is 1. The standard InChI is InChI=1S/C18H13ClF3N7O4/c1-33-12-5-3-2-4-10(12)17(30)28-27-16-13(29(31)32)15(24-8-25-16)26-14-11(19)6-9(7-23-14)18(20,21)22/h2-8H,1H3,(H,28,30)(H2,23,24,25,26,27). The summed E-state index contributed by atoms with van der Waals surface area (Å²) in [5.74, 6) is -1.57. The predicted octanol–water partition coefficient (Wildman–Crippen LogP) is 3.96. The Hall–Kier alpha value is -4.20.